The molecular formula is C21H17F6N3O. The van der Waals surface area contributed by atoms with Gasteiger partial charge in [-0.2, -0.15) is 26.3 Å². The Kier molecular flexibility index (Phi) is 5.18. The van der Waals surface area contributed by atoms with Gasteiger partial charge in [0.05, 0.1) is 22.2 Å². The number of nitrogens with one attached hydrogen (secondary N) is 1. The van der Waals surface area contributed by atoms with Crippen LogP contribution in [0.3, 0.4) is 0 Å². The van der Waals surface area contributed by atoms with Crippen molar-refractivity contribution in [3.05, 3.63) is 65.0 Å². The minimum Gasteiger partial charge on any atom is -0.342 e. The van der Waals surface area contributed by atoms with Crippen molar-refractivity contribution in [3.63, 3.8) is 0 Å². The van der Waals surface area contributed by atoms with Crippen LogP contribution < -0.4 is 0 Å². The van der Waals surface area contributed by atoms with E-state index in [-0.39, 0.29) is 25.1 Å². The number of benzene rings is 2. The van der Waals surface area contributed by atoms with E-state index in [1.807, 2.05) is 24.3 Å². The van der Waals surface area contributed by atoms with Gasteiger partial charge in [0.25, 0.3) is 5.91 Å². The number of fused-ring (bicyclic) bond motifs is 1. The summed E-state index contributed by atoms with van der Waals surface area (Å²) in [6.07, 6.45) is -8.76. The number of halogens is 6. The molecule has 0 radical (unpaired) electrons. The van der Waals surface area contributed by atoms with Gasteiger partial charge < -0.3 is 9.88 Å². The number of aromatic nitrogens is 2. The number of amides is 1. The molecular weight excluding hydrogens is 424 g/mol. The summed E-state index contributed by atoms with van der Waals surface area (Å²) in [7, 11) is 0. The summed E-state index contributed by atoms with van der Waals surface area (Å²) in [5.41, 5.74) is -2.08. The second kappa shape index (κ2) is 7.58. The number of carbonyl (C=O) groups excluding carboxylic acids is 1. The molecule has 164 valence electrons. The highest BCUT2D eigenvalue weighted by Gasteiger charge is 2.38. The number of imidazole rings is 1. The number of para-hydroxylation sites is 2. The van der Waals surface area contributed by atoms with Gasteiger partial charge in [0.1, 0.15) is 5.82 Å². The van der Waals surface area contributed by atoms with Crippen molar-refractivity contribution in [2.24, 2.45) is 0 Å². The fourth-order valence-electron chi connectivity index (χ4n) is 3.81. The molecule has 4 rings (SSSR count). The molecule has 1 aromatic heterocycles. The lowest BCUT2D eigenvalue weighted by Gasteiger charge is -2.32. The number of alkyl halides is 6. The predicted molar refractivity (Wildman–Crippen MR) is 100 cm³/mol. The van der Waals surface area contributed by atoms with Gasteiger partial charge in [-0.15, -0.1) is 0 Å². The van der Waals surface area contributed by atoms with Crippen molar-refractivity contribution < 1.29 is 31.1 Å². The second-order valence-electron chi connectivity index (χ2n) is 7.52. The molecule has 1 N–H and O–H groups in total. The Hall–Kier alpha value is -3.04. The van der Waals surface area contributed by atoms with E-state index < -0.39 is 35.0 Å². The average Bonchev–Trinajstić information content (AvgIpc) is 3.16. The fraction of sp³-hybridized carbons (Fsp3) is 0.333. The van der Waals surface area contributed by atoms with E-state index in [9.17, 15) is 31.1 Å². The summed E-state index contributed by atoms with van der Waals surface area (Å²) in [5.74, 6) is -0.422. The molecule has 0 saturated carbocycles. The Bertz CT molecular complexity index is 1050. The van der Waals surface area contributed by atoms with Gasteiger partial charge in [-0.05, 0) is 43.2 Å². The van der Waals surface area contributed by atoms with Crippen LogP contribution in [0, 0.1) is 0 Å². The maximum Gasteiger partial charge on any atom is 0.416 e. The molecule has 0 unspecified atom stereocenters. The molecule has 31 heavy (non-hydrogen) atoms. The zero-order valence-electron chi connectivity index (χ0n) is 16.0. The third-order valence-corrected chi connectivity index (χ3v) is 5.34. The summed E-state index contributed by atoms with van der Waals surface area (Å²) in [6, 6.07) is 8.30. The smallest absolute Gasteiger partial charge is 0.342 e. The van der Waals surface area contributed by atoms with Crippen molar-refractivity contribution in [1.82, 2.24) is 14.9 Å². The maximum atomic E-state index is 13.1. The van der Waals surface area contributed by atoms with Crippen molar-refractivity contribution in [3.8, 4) is 0 Å². The van der Waals surface area contributed by atoms with E-state index >= 15 is 0 Å². The topological polar surface area (TPSA) is 49.0 Å². The first-order chi connectivity index (χ1) is 14.5. The molecule has 1 fully saturated rings. The van der Waals surface area contributed by atoms with Gasteiger partial charge in [-0.25, -0.2) is 4.98 Å². The van der Waals surface area contributed by atoms with E-state index in [1.165, 1.54) is 4.90 Å². The van der Waals surface area contributed by atoms with Gasteiger partial charge in [-0.1, -0.05) is 12.1 Å². The maximum absolute atomic E-state index is 13.1. The van der Waals surface area contributed by atoms with Crippen LogP contribution in [0.2, 0.25) is 0 Å². The highest BCUT2D eigenvalue weighted by Crippen LogP contribution is 2.37. The van der Waals surface area contributed by atoms with E-state index in [4.69, 9.17) is 0 Å². The monoisotopic (exact) mass is 441 g/mol. The van der Waals surface area contributed by atoms with Gasteiger partial charge in [-0.3, -0.25) is 4.79 Å². The third-order valence-electron chi connectivity index (χ3n) is 5.34. The van der Waals surface area contributed by atoms with Crippen molar-refractivity contribution in [2.45, 2.75) is 31.1 Å². The normalized spacial score (nSPS) is 17.9. The molecule has 2 aromatic carbocycles. The molecule has 1 amide bonds. The Balaban J connectivity index is 1.62. The van der Waals surface area contributed by atoms with Gasteiger partial charge in [0.2, 0.25) is 0 Å². The first-order valence-electron chi connectivity index (χ1n) is 9.56. The predicted octanol–water partition coefficient (Wildman–Crippen LogP) is 5.62. The van der Waals surface area contributed by atoms with Crippen LogP contribution >= 0.6 is 0 Å². The summed E-state index contributed by atoms with van der Waals surface area (Å²) < 4.78 is 78.7. The molecule has 1 aliphatic rings. The summed E-state index contributed by atoms with van der Waals surface area (Å²) in [6.45, 7) is 0.392. The first-order valence-corrected chi connectivity index (χ1v) is 9.56. The molecule has 1 aliphatic heterocycles. The number of likely N-dealkylation sites (tertiary alicyclic amines) is 1. The number of rotatable bonds is 2. The van der Waals surface area contributed by atoms with Crippen LogP contribution in [0.1, 0.15) is 46.1 Å². The van der Waals surface area contributed by atoms with Crippen LogP contribution in [0.4, 0.5) is 26.3 Å². The Labute approximate surface area is 172 Å². The standard InChI is InChI=1S/C21H17F6N3O/c22-20(23,24)14-8-13(9-15(10-14)21(25,26)27)19(31)30-7-3-4-12(11-30)18-28-16-5-1-2-6-17(16)29-18/h1-2,5-6,8-10,12H,3-4,7,11H2,(H,28,29)/t12-/m1/s1. The molecule has 2 heterocycles. The zero-order chi connectivity index (χ0) is 22.4. The number of hydrogen-bond acceptors (Lipinski definition) is 2. The van der Waals surface area contributed by atoms with E-state index in [0.29, 0.717) is 30.8 Å². The minimum absolute atomic E-state index is 0.0180. The molecule has 0 bridgehead atoms. The van der Waals surface area contributed by atoms with Crippen molar-refractivity contribution in [1.29, 1.82) is 0 Å². The Morgan fingerprint density at radius 2 is 1.65 bits per heavy atom. The second-order valence-corrected chi connectivity index (χ2v) is 7.52. The van der Waals surface area contributed by atoms with Crippen LogP contribution in [0.15, 0.2) is 42.5 Å². The average molecular weight is 441 g/mol. The van der Waals surface area contributed by atoms with E-state index in [1.54, 1.807) is 0 Å². The number of H-pyrrole nitrogens is 1. The number of carbonyl (C=O) groups is 1. The quantitative estimate of drug-likeness (QED) is 0.525. The largest absolute Gasteiger partial charge is 0.416 e. The van der Waals surface area contributed by atoms with Gasteiger partial charge >= 0.3 is 12.4 Å². The molecule has 10 heteroatoms. The first kappa shape index (κ1) is 21.2. The Morgan fingerprint density at radius 1 is 1.00 bits per heavy atom. The number of aromatic amines is 1. The van der Waals surface area contributed by atoms with Crippen molar-refractivity contribution in [2.75, 3.05) is 13.1 Å². The number of hydrogen-bond donors (Lipinski definition) is 1. The zero-order valence-corrected chi connectivity index (χ0v) is 16.0. The lowest BCUT2D eigenvalue weighted by molar-refractivity contribution is -0.143. The molecule has 0 spiro atoms. The lowest BCUT2D eigenvalue weighted by atomic mass is 9.96. The van der Waals surface area contributed by atoms with E-state index in [2.05, 4.69) is 9.97 Å². The number of nitrogens with zero attached hydrogens (tertiary/aromatic N) is 2. The third kappa shape index (κ3) is 4.38. The summed E-state index contributed by atoms with van der Waals surface area (Å²) >= 11 is 0. The Morgan fingerprint density at radius 3 is 2.26 bits per heavy atom. The van der Waals surface area contributed by atoms with Crippen LogP contribution in [-0.2, 0) is 12.4 Å². The number of piperidine rings is 1. The van der Waals surface area contributed by atoms with Gasteiger partial charge in [0, 0.05) is 24.6 Å². The van der Waals surface area contributed by atoms with Gasteiger partial charge in [0.15, 0.2) is 0 Å². The molecule has 3 aromatic rings. The van der Waals surface area contributed by atoms with E-state index in [0.717, 1.165) is 11.0 Å². The van der Waals surface area contributed by atoms with Crippen LogP contribution in [-0.4, -0.2) is 33.9 Å². The SMILES string of the molecule is O=C(c1cc(C(F)(F)F)cc(C(F)(F)F)c1)N1CCC[C@@H](c2nc3ccccc3[nH]2)C1. The van der Waals surface area contributed by atoms with Crippen LogP contribution in [0.5, 0.6) is 0 Å². The molecule has 1 saturated heterocycles. The summed E-state index contributed by atoms with van der Waals surface area (Å²) in [5, 5.41) is 0. The lowest BCUT2D eigenvalue weighted by Crippen LogP contribution is -2.39. The van der Waals surface area contributed by atoms with Crippen LogP contribution in [0.25, 0.3) is 11.0 Å². The minimum atomic E-state index is -5.00. The molecule has 1 atom stereocenters. The highest BCUT2D eigenvalue weighted by molar-refractivity contribution is 5.95. The molecule has 4 nitrogen and oxygen atoms in total. The highest BCUT2D eigenvalue weighted by atomic mass is 19.4. The molecule has 0 aliphatic carbocycles. The summed E-state index contributed by atoms with van der Waals surface area (Å²) in [4.78, 5) is 21.8. The fourth-order valence-corrected chi connectivity index (χ4v) is 3.81. The van der Waals surface area contributed by atoms with Crippen molar-refractivity contribution >= 4 is 16.9 Å².